The van der Waals surface area contributed by atoms with E-state index in [9.17, 15) is 8.78 Å². The Hall–Kier alpha value is -1.71. The number of hydrogen-bond acceptors (Lipinski definition) is 1. The van der Waals surface area contributed by atoms with Gasteiger partial charge >= 0.3 is 0 Å². The first-order chi connectivity index (χ1) is 21.5. The van der Waals surface area contributed by atoms with Crippen molar-refractivity contribution < 1.29 is 8.78 Å². The van der Waals surface area contributed by atoms with Gasteiger partial charge in [-0.1, -0.05) is 191 Å². The maximum Gasteiger partial charge on any atom is 0.242 e. The first-order valence-corrected chi connectivity index (χ1v) is 19.0. The predicted octanol–water partition coefficient (Wildman–Crippen LogP) is 15.1. The van der Waals surface area contributed by atoms with Crippen molar-refractivity contribution in [3.63, 3.8) is 0 Å². The molecule has 0 spiro atoms. The molecule has 0 bridgehead atoms. The molecule has 0 N–H and O–H groups in total. The van der Waals surface area contributed by atoms with Crippen LogP contribution in [0.2, 0.25) is 0 Å². The van der Waals surface area contributed by atoms with Crippen LogP contribution in [0.3, 0.4) is 0 Å². The van der Waals surface area contributed by atoms with Gasteiger partial charge in [-0.25, -0.2) is 13.5 Å². The van der Waals surface area contributed by atoms with Crippen molar-refractivity contribution in [1.82, 2.24) is 9.78 Å². The number of rotatable bonds is 17. The number of alkyl halides is 2. The fourth-order valence-corrected chi connectivity index (χ4v) is 4.07. The fourth-order valence-electron chi connectivity index (χ4n) is 4.07. The smallest absolute Gasteiger partial charge is 0.237 e. The number of benzene rings is 1. The first kappa shape index (κ1) is 47.7. The molecule has 1 atom stereocenters. The maximum absolute atomic E-state index is 12.3. The zero-order valence-corrected chi connectivity index (χ0v) is 32.3. The molecule has 1 aromatic carbocycles. The number of nitrogens with zero attached hydrogens (tertiary/aromatic N) is 2. The standard InChI is InChI=1S/C15H18F2N2.2C9H20.2C4H10/c1-10(2)14-8-11(3)18-19(14)13-6-4-12(5-7-13)9-15(16)17;1-4-6-7-8-9(3)5-2;1-3-5-7-9-8-6-4-2;2*1-3-4-2/h4-8,10,15H,9H2,1-3H3;9H,4-8H2,1-3H3;3-9H2,1-2H3;2*3-4H2,1-2H3. The van der Waals surface area contributed by atoms with Crippen LogP contribution in [0.4, 0.5) is 8.78 Å². The van der Waals surface area contributed by atoms with Crippen LogP contribution in [0, 0.1) is 12.8 Å². The third kappa shape index (κ3) is 30.7. The van der Waals surface area contributed by atoms with E-state index in [0.717, 1.165) is 23.0 Å². The average molecular weight is 637 g/mol. The van der Waals surface area contributed by atoms with E-state index >= 15 is 0 Å². The summed E-state index contributed by atoms with van der Waals surface area (Å²) in [7, 11) is 0. The monoisotopic (exact) mass is 637 g/mol. The average Bonchev–Trinajstić information content (AvgIpc) is 3.44. The van der Waals surface area contributed by atoms with Gasteiger partial charge in [0.1, 0.15) is 0 Å². The van der Waals surface area contributed by atoms with Gasteiger partial charge in [0, 0.05) is 12.1 Å². The van der Waals surface area contributed by atoms with Crippen molar-refractivity contribution in [2.24, 2.45) is 5.92 Å². The Morgan fingerprint density at radius 1 is 0.622 bits per heavy atom. The number of aromatic nitrogens is 2. The highest BCUT2D eigenvalue weighted by Crippen LogP contribution is 2.21. The number of aryl methyl sites for hydroxylation is 1. The van der Waals surface area contributed by atoms with Gasteiger partial charge < -0.3 is 0 Å². The van der Waals surface area contributed by atoms with Crippen LogP contribution in [0.1, 0.15) is 202 Å². The summed E-state index contributed by atoms with van der Waals surface area (Å²) in [6.45, 7) is 26.3. The molecule has 1 heterocycles. The molecular weight excluding hydrogens is 558 g/mol. The van der Waals surface area contributed by atoms with Gasteiger partial charge in [-0.15, -0.1) is 0 Å². The molecule has 0 aliphatic rings. The Bertz CT molecular complexity index is 813. The molecule has 45 heavy (non-hydrogen) atoms. The van der Waals surface area contributed by atoms with Crippen LogP contribution in [-0.4, -0.2) is 16.2 Å². The second-order valence-electron chi connectivity index (χ2n) is 12.8. The molecule has 0 amide bonds. The highest BCUT2D eigenvalue weighted by Gasteiger charge is 2.11. The highest BCUT2D eigenvalue weighted by atomic mass is 19.3. The SMILES string of the molecule is CCCC.CCCC.CCCCCC(C)CC.CCCCCCCCC.Cc1cc(C(C)C)n(-c2ccc(CC(F)F)cc2)n1. The molecule has 1 unspecified atom stereocenters. The van der Waals surface area contributed by atoms with E-state index < -0.39 is 6.43 Å². The van der Waals surface area contributed by atoms with Crippen molar-refractivity contribution in [1.29, 1.82) is 0 Å². The lowest BCUT2D eigenvalue weighted by atomic mass is 10.0. The maximum atomic E-state index is 12.3. The van der Waals surface area contributed by atoms with Gasteiger partial charge in [0.2, 0.25) is 6.43 Å². The highest BCUT2D eigenvalue weighted by molar-refractivity contribution is 5.37. The van der Waals surface area contributed by atoms with Crippen LogP contribution < -0.4 is 0 Å². The van der Waals surface area contributed by atoms with Crippen molar-refractivity contribution in [3.8, 4) is 5.69 Å². The third-order valence-corrected chi connectivity index (χ3v) is 7.73. The minimum atomic E-state index is -2.30. The van der Waals surface area contributed by atoms with E-state index in [1.54, 1.807) is 12.1 Å². The van der Waals surface area contributed by atoms with Gasteiger partial charge in [-0.3, -0.25) is 0 Å². The zero-order valence-electron chi connectivity index (χ0n) is 32.3. The zero-order chi connectivity index (χ0) is 34.9. The summed E-state index contributed by atoms with van der Waals surface area (Å²) in [6.07, 6.45) is 19.7. The molecule has 266 valence electrons. The summed E-state index contributed by atoms with van der Waals surface area (Å²) in [5.74, 6) is 1.32. The van der Waals surface area contributed by atoms with Crippen LogP contribution in [0.25, 0.3) is 5.69 Å². The molecule has 1 aromatic heterocycles. The largest absolute Gasteiger partial charge is 0.242 e. The molecule has 0 aliphatic heterocycles. The summed E-state index contributed by atoms with van der Waals surface area (Å²) in [5, 5.41) is 4.46. The van der Waals surface area contributed by atoms with Gasteiger partial charge in [0.15, 0.2) is 0 Å². The van der Waals surface area contributed by atoms with E-state index in [4.69, 9.17) is 0 Å². The van der Waals surface area contributed by atoms with Crippen LogP contribution >= 0.6 is 0 Å². The fraction of sp³-hybridized carbons (Fsp3) is 0.780. The quantitative estimate of drug-likeness (QED) is 0.158. The normalized spacial score (nSPS) is 10.9. The molecule has 0 radical (unpaired) electrons. The van der Waals surface area contributed by atoms with Crippen LogP contribution in [0.15, 0.2) is 30.3 Å². The van der Waals surface area contributed by atoms with Crippen molar-refractivity contribution in [2.75, 3.05) is 0 Å². The Morgan fingerprint density at radius 2 is 1.07 bits per heavy atom. The van der Waals surface area contributed by atoms with Crippen molar-refractivity contribution >= 4 is 0 Å². The van der Waals surface area contributed by atoms with Gasteiger partial charge in [-0.2, -0.15) is 5.10 Å². The van der Waals surface area contributed by atoms with E-state index in [1.807, 2.05) is 23.7 Å². The molecule has 4 heteroatoms. The number of halogens is 2. The molecule has 2 rings (SSSR count). The van der Waals surface area contributed by atoms with Gasteiger partial charge in [0.05, 0.1) is 11.4 Å². The Labute approximate surface area is 281 Å². The topological polar surface area (TPSA) is 17.8 Å². The minimum Gasteiger partial charge on any atom is -0.237 e. The van der Waals surface area contributed by atoms with E-state index in [0.29, 0.717) is 11.5 Å². The van der Waals surface area contributed by atoms with E-state index in [2.05, 4.69) is 87.3 Å². The second kappa shape index (κ2) is 35.1. The third-order valence-electron chi connectivity index (χ3n) is 7.73. The van der Waals surface area contributed by atoms with Gasteiger partial charge in [-0.05, 0) is 42.5 Å². The molecular formula is C41H78F2N2. The number of unbranched alkanes of at least 4 members (excludes halogenated alkanes) is 10. The second-order valence-corrected chi connectivity index (χ2v) is 12.8. The number of hydrogen-bond donors (Lipinski definition) is 0. The van der Waals surface area contributed by atoms with Gasteiger partial charge in [0.25, 0.3) is 0 Å². The van der Waals surface area contributed by atoms with Crippen molar-refractivity contribution in [3.05, 3.63) is 47.3 Å². The van der Waals surface area contributed by atoms with E-state index in [-0.39, 0.29) is 6.42 Å². The molecule has 2 nitrogen and oxygen atoms in total. The lowest BCUT2D eigenvalue weighted by Crippen LogP contribution is -2.04. The Morgan fingerprint density at radius 3 is 1.44 bits per heavy atom. The molecule has 0 aliphatic carbocycles. The molecule has 0 fully saturated rings. The molecule has 0 saturated heterocycles. The summed E-state index contributed by atoms with van der Waals surface area (Å²) >= 11 is 0. The van der Waals surface area contributed by atoms with Crippen LogP contribution in [-0.2, 0) is 6.42 Å². The lowest BCUT2D eigenvalue weighted by Gasteiger charge is -2.10. The molecule has 0 saturated carbocycles. The summed E-state index contributed by atoms with van der Waals surface area (Å²) in [6, 6.07) is 9.22. The first-order valence-electron chi connectivity index (χ1n) is 19.0. The summed E-state index contributed by atoms with van der Waals surface area (Å²) in [4.78, 5) is 0. The predicted molar refractivity (Wildman–Crippen MR) is 201 cm³/mol. The van der Waals surface area contributed by atoms with E-state index in [1.165, 1.54) is 103 Å². The Kier molecular flexibility index (Phi) is 37.3. The summed E-state index contributed by atoms with van der Waals surface area (Å²) in [5.41, 5.74) is 3.64. The Balaban J connectivity index is -0.000000571. The van der Waals surface area contributed by atoms with Crippen LogP contribution in [0.5, 0.6) is 0 Å². The summed E-state index contributed by atoms with van der Waals surface area (Å²) < 4.78 is 26.5. The van der Waals surface area contributed by atoms with Crippen molar-refractivity contribution in [2.45, 2.75) is 205 Å². The minimum absolute atomic E-state index is 0.199. The lowest BCUT2D eigenvalue weighted by molar-refractivity contribution is 0.149. The molecule has 2 aromatic rings.